The molecule has 0 saturated heterocycles. The summed E-state index contributed by atoms with van der Waals surface area (Å²) in [6.07, 6.45) is 1.62. The largest absolute Gasteiger partial charge is 0.491 e. The number of H-pyrrole nitrogens is 1. The highest BCUT2D eigenvalue weighted by atomic mass is 19.1. The molecular weight excluding hydrogens is 447 g/mol. The van der Waals surface area contributed by atoms with Crippen molar-refractivity contribution in [2.45, 2.75) is 13.0 Å². The number of carbonyl (C=O) groups is 1. The molecule has 0 spiro atoms. The zero-order valence-electron chi connectivity index (χ0n) is 19.0. The van der Waals surface area contributed by atoms with Gasteiger partial charge in [-0.1, -0.05) is 24.3 Å². The van der Waals surface area contributed by atoms with Gasteiger partial charge in [0, 0.05) is 22.4 Å². The molecule has 7 N–H and O–H groups in total. The van der Waals surface area contributed by atoms with E-state index in [9.17, 15) is 9.18 Å². The van der Waals surface area contributed by atoms with E-state index in [-0.39, 0.29) is 11.6 Å². The maximum absolute atomic E-state index is 14.3. The maximum Gasteiger partial charge on any atom is 0.249 e. The van der Waals surface area contributed by atoms with Crippen LogP contribution in [0.2, 0.25) is 0 Å². The second-order valence-corrected chi connectivity index (χ2v) is 7.78. The van der Waals surface area contributed by atoms with E-state index in [0.29, 0.717) is 40.4 Å². The number of hydrogen-bond donors (Lipinski definition) is 5. The van der Waals surface area contributed by atoms with Crippen LogP contribution in [0.3, 0.4) is 0 Å². The predicted octanol–water partition coefficient (Wildman–Crippen LogP) is 4.20. The first-order chi connectivity index (χ1) is 16.9. The van der Waals surface area contributed by atoms with Crippen molar-refractivity contribution in [3.63, 3.8) is 0 Å². The number of primary amides is 1. The Morgan fingerprint density at radius 1 is 1.14 bits per heavy atom. The Morgan fingerprint density at radius 3 is 2.57 bits per heavy atom. The standard InChI is InChI=1S/C26H25FN6O2/c1-2-35-22-13-16(9-12-20(22)27)23(32-17-10-7-15(8-11-17)24(28)29)26-31-14-21(33-26)18-5-3-4-6-19(18)25(30)34/h3-14,23,32H,2H2,1H3,(H3,28,29)(H2,30,34)(H,31,33). The zero-order chi connectivity index (χ0) is 24.9. The lowest BCUT2D eigenvalue weighted by molar-refractivity contribution is 0.100. The van der Waals surface area contributed by atoms with Crippen LogP contribution in [0.15, 0.2) is 72.9 Å². The summed E-state index contributed by atoms with van der Waals surface area (Å²) in [4.78, 5) is 19.7. The van der Waals surface area contributed by atoms with Gasteiger partial charge in [0.15, 0.2) is 11.6 Å². The van der Waals surface area contributed by atoms with Crippen molar-refractivity contribution in [2.75, 3.05) is 11.9 Å². The van der Waals surface area contributed by atoms with Gasteiger partial charge >= 0.3 is 0 Å². The summed E-state index contributed by atoms with van der Waals surface area (Å²) in [7, 11) is 0. The lowest BCUT2D eigenvalue weighted by Crippen LogP contribution is -2.15. The number of amidine groups is 1. The topological polar surface area (TPSA) is 143 Å². The number of ether oxygens (including phenoxy) is 1. The Hall–Kier alpha value is -4.66. The summed E-state index contributed by atoms with van der Waals surface area (Å²) in [6.45, 7) is 2.10. The molecule has 0 fully saturated rings. The van der Waals surface area contributed by atoms with Gasteiger partial charge in [0.05, 0.1) is 18.5 Å². The molecule has 1 heterocycles. The first-order valence-electron chi connectivity index (χ1n) is 10.9. The fourth-order valence-electron chi connectivity index (χ4n) is 3.74. The molecule has 1 unspecified atom stereocenters. The molecule has 0 radical (unpaired) electrons. The van der Waals surface area contributed by atoms with Gasteiger partial charge in [-0.25, -0.2) is 9.37 Å². The first-order valence-corrected chi connectivity index (χ1v) is 10.9. The number of amides is 1. The number of aromatic nitrogens is 2. The van der Waals surface area contributed by atoms with Crippen LogP contribution in [0, 0.1) is 11.2 Å². The van der Waals surface area contributed by atoms with Gasteiger partial charge in [0.2, 0.25) is 5.91 Å². The quantitative estimate of drug-likeness (QED) is 0.183. The van der Waals surface area contributed by atoms with Crippen LogP contribution in [0.4, 0.5) is 10.1 Å². The van der Waals surface area contributed by atoms with E-state index in [1.165, 1.54) is 6.07 Å². The van der Waals surface area contributed by atoms with Crippen LogP contribution in [-0.4, -0.2) is 28.3 Å². The molecule has 35 heavy (non-hydrogen) atoms. The van der Waals surface area contributed by atoms with Crippen molar-refractivity contribution in [3.05, 3.63) is 101 Å². The van der Waals surface area contributed by atoms with Crippen LogP contribution < -0.4 is 21.5 Å². The zero-order valence-corrected chi connectivity index (χ0v) is 19.0. The average Bonchev–Trinajstić information content (AvgIpc) is 3.34. The Kier molecular flexibility index (Phi) is 6.77. The van der Waals surface area contributed by atoms with Crippen LogP contribution in [-0.2, 0) is 0 Å². The highest BCUT2D eigenvalue weighted by molar-refractivity contribution is 5.99. The summed E-state index contributed by atoms with van der Waals surface area (Å²) in [5, 5.41) is 11.0. The third-order valence-corrected chi connectivity index (χ3v) is 5.45. The van der Waals surface area contributed by atoms with Crippen LogP contribution in [0.5, 0.6) is 5.75 Å². The minimum absolute atomic E-state index is 0.0308. The number of imidazole rings is 1. The predicted molar refractivity (Wildman–Crippen MR) is 133 cm³/mol. The molecule has 0 aliphatic heterocycles. The first kappa shape index (κ1) is 23.5. The van der Waals surface area contributed by atoms with Gasteiger partial charge in [0.1, 0.15) is 17.7 Å². The number of rotatable bonds is 9. The number of nitrogen functional groups attached to an aromatic ring is 1. The molecule has 1 amide bonds. The third-order valence-electron chi connectivity index (χ3n) is 5.45. The van der Waals surface area contributed by atoms with E-state index >= 15 is 0 Å². The Morgan fingerprint density at radius 2 is 1.89 bits per heavy atom. The molecule has 1 atom stereocenters. The summed E-state index contributed by atoms with van der Waals surface area (Å²) in [6, 6.07) is 18.1. The number of nitrogens with two attached hydrogens (primary N) is 2. The number of aromatic amines is 1. The SMILES string of the molecule is CCOc1cc(C(Nc2ccc(C(=N)N)cc2)c2ncc(-c3ccccc3C(N)=O)[nH]2)ccc1F. The second kappa shape index (κ2) is 10.1. The molecule has 0 saturated carbocycles. The molecule has 0 aliphatic carbocycles. The Balaban J connectivity index is 1.76. The van der Waals surface area contributed by atoms with E-state index in [1.807, 2.05) is 6.07 Å². The van der Waals surface area contributed by atoms with Crippen molar-refractivity contribution in [1.29, 1.82) is 5.41 Å². The molecule has 0 bridgehead atoms. The number of anilines is 1. The second-order valence-electron chi connectivity index (χ2n) is 7.78. The lowest BCUT2D eigenvalue weighted by atomic mass is 10.0. The van der Waals surface area contributed by atoms with Crippen molar-refractivity contribution >= 4 is 17.4 Å². The van der Waals surface area contributed by atoms with Crippen LogP contribution >= 0.6 is 0 Å². The monoisotopic (exact) mass is 472 g/mol. The summed E-state index contributed by atoms with van der Waals surface area (Å²) < 4.78 is 19.7. The summed E-state index contributed by atoms with van der Waals surface area (Å²) in [5.74, 6) is -0.372. The molecule has 1 aromatic heterocycles. The lowest BCUT2D eigenvalue weighted by Gasteiger charge is -2.20. The molecule has 4 aromatic rings. The van der Waals surface area contributed by atoms with Crippen LogP contribution in [0.1, 0.15) is 40.3 Å². The minimum atomic E-state index is -0.545. The normalized spacial score (nSPS) is 11.6. The van der Waals surface area contributed by atoms with E-state index in [1.54, 1.807) is 67.7 Å². The van der Waals surface area contributed by atoms with E-state index in [0.717, 1.165) is 5.69 Å². The van der Waals surface area contributed by atoms with Gasteiger partial charge in [-0.2, -0.15) is 0 Å². The molecule has 0 aliphatic rings. The van der Waals surface area contributed by atoms with Crippen molar-refractivity contribution < 1.29 is 13.9 Å². The van der Waals surface area contributed by atoms with Gasteiger partial charge < -0.3 is 26.5 Å². The number of benzene rings is 3. The molecule has 178 valence electrons. The van der Waals surface area contributed by atoms with Crippen molar-refractivity contribution in [2.24, 2.45) is 11.5 Å². The van der Waals surface area contributed by atoms with E-state index in [2.05, 4.69) is 15.3 Å². The van der Waals surface area contributed by atoms with E-state index < -0.39 is 17.8 Å². The smallest absolute Gasteiger partial charge is 0.249 e. The fraction of sp³-hybridized carbons (Fsp3) is 0.115. The number of nitrogens with zero attached hydrogens (tertiary/aromatic N) is 1. The van der Waals surface area contributed by atoms with Crippen molar-refractivity contribution in [3.8, 4) is 17.0 Å². The maximum atomic E-state index is 14.3. The van der Waals surface area contributed by atoms with Crippen molar-refractivity contribution in [1.82, 2.24) is 9.97 Å². The fourth-order valence-corrected chi connectivity index (χ4v) is 3.74. The van der Waals surface area contributed by atoms with Crippen LogP contribution in [0.25, 0.3) is 11.3 Å². The Labute approximate surface area is 201 Å². The molecule has 3 aromatic carbocycles. The molecular formula is C26H25FN6O2. The van der Waals surface area contributed by atoms with E-state index in [4.69, 9.17) is 21.6 Å². The summed E-state index contributed by atoms with van der Waals surface area (Å²) >= 11 is 0. The molecule has 8 nitrogen and oxygen atoms in total. The molecule has 4 rings (SSSR count). The number of hydrogen-bond acceptors (Lipinski definition) is 5. The van der Waals surface area contributed by atoms with Gasteiger partial charge in [0.25, 0.3) is 0 Å². The van der Waals surface area contributed by atoms with Gasteiger partial charge in [-0.3, -0.25) is 10.2 Å². The third kappa shape index (κ3) is 5.14. The van der Waals surface area contributed by atoms with Gasteiger partial charge in [-0.15, -0.1) is 0 Å². The van der Waals surface area contributed by atoms with Gasteiger partial charge in [-0.05, 0) is 55.0 Å². The number of halogens is 1. The Bertz CT molecular complexity index is 1370. The summed E-state index contributed by atoms with van der Waals surface area (Å²) in [5.41, 5.74) is 14.7. The highest BCUT2D eigenvalue weighted by Crippen LogP contribution is 2.31. The minimum Gasteiger partial charge on any atom is -0.491 e. The number of nitrogens with one attached hydrogen (secondary N) is 3. The average molecular weight is 473 g/mol. The number of carbonyl (C=O) groups excluding carboxylic acids is 1. The molecule has 9 heteroatoms. The highest BCUT2D eigenvalue weighted by Gasteiger charge is 2.21.